The second kappa shape index (κ2) is 7.55. The van der Waals surface area contributed by atoms with Crippen LogP contribution in [0.4, 0.5) is 4.39 Å². The number of sulfonamides is 1. The van der Waals surface area contributed by atoms with E-state index >= 15 is 0 Å². The Morgan fingerprint density at radius 3 is 2.63 bits per heavy atom. The number of halogens is 2. The lowest BCUT2D eigenvalue weighted by Gasteiger charge is -2.43. The Balaban J connectivity index is 1.60. The van der Waals surface area contributed by atoms with E-state index in [9.17, 15) is 17.6 Å². The van der Waals surface area contributed by atoms with Crippen LogP contribution < -0.4 is 5.32 Å². The molecule has 2 unspecified atom stereocenters. The van der Waals surface area contributed by atoms with Crippen molar-refractivity contribution in [3.63, 3.8) is 0 Å². The molecule has 1 saturated heterocycles. The Labute approximate surface area is 187 Å². The zero-order valence-electron chi connectivity index (χ0n) is 17.7. The van der Waals surface area contributed by atoms with Crippen molar-refractivity contribution in [3.05, 3.63) is 28.2 Å². The molecule has 0 spiro atoms. The van der Waals surface area contributed by atoms with Gasteiger partial charge in [-0.05, 0) is 83.0 Å². The topological polar surface area (TPSA) is 66.5 Å². The number of carbonyl (C=O) groups is 1. The summed E-state index contributed by atoms with van der Waals surface area (Å²) >= 11 is 3.31. The van der Waals surface area contributed by atoms with Crippen molar-refractivity contribution in [2.45, 2.75) is 70.0 Å². The number of piperidine rings is 1. The van der Waals surface area contributed by atoms with E-state index in [2.05, 4.69) is 42.0 Å². The lowest BCUT2D eigenvalue weighted by molar-refractivity contribution is 0.0737. The fourth-order valence-corrected chi connectivity index (χ4v) is 8.43. The van der Waals surface area contributed by atoms with Gasteiger partial charge in [-0.1, -0.05) is 20.8 Å². The van der Waals surface area contributed by atoms with Crippen LogP contribution >= 0.6 is 15.9 Å². The first-order valence-corrected chi connectivity index (χ1v) is 12.9. The first-order valence-electron chi connectivity index (χ1n) is 10.7. The van der Waals surface area contributed by atoms with E-state index in [0.29, 0.717) is 35.3 Å². The Bertz CT molecular complexity index is 962. The summed E-state index contributed by atoms with van der Waals surface area (Å²) in [5.74, 6) is 0.342. The van der Waals surface area contributed by atoms with Crippen LogP contribution in [0.1, 0.15) is 63.2 Å². The maximum absolute atomic E-state index is 13.8. The summed E-state index contributed by atoms with van der Waals surface area (Å²) < 4.78 is 41.6. The van der Waals surface area contributed by atoms with Crippen LogP contribution in [0.3, 0.4) is 0 Å². The van der Waals surface area contributed by atoms with Crippen LogP contribution in [0.2, 0.25) is 0 Å². The molecule has 0 aromatic heterocycles. The molecular weight excluding hydrogens is 471 g/mol. The molecule has 1 aromatic carbocycles. The predicted molar refractivity (Wildman–Crippen MR) is 118 cm³/mol. The van der Waals surface area contributed by atoms with Crippen molar-refractivity contribution < 1.29 is 17.6 Å². The highest BCUT2D eigenvalue weighted by atomic mass is 79.9. The van der Waals surface area contributed by atoms with Crippen molar-refractivity contribution in [2.24, 2.45) is 16.7 Å². The maximum atomic E-state index is 13.8. The van der Waals surface area contributed by atoms with E-state index in [1.165, 1.54) is 16.8 Å². The second-order valence-electron chi connectivity index (χ2n) is 10.1. The lowest BCUT2D eigenvalue weighted by Crippen LogP contribution is -2.52. The van der Waals surface area contributed by atoms with Gasteiger partial charge in [0.1, 0.15) is 6.17 Å². The number of hydrogen-bond donors (Lipinski definition) is 1. The molecule has 1 amide bonds. The predicted octanol–water partition coefficient (Wildman–Crippen LogP) is 4.52. The van der Waals surface area contributed by atoms with Crippen LogP contribution in [-0.2, 0) is 10.0 Å². The molecule has 8 heteroatoms. The highest BCUT2D eigenvalue weighted by molar-refractivity contribution is 9.10. The third-order valence-electron chi connectivity index (χ3n) is 7.68. The van der Waals surface area contributed by atoms with Crippen LogP contribution in [0.25, 0.3) is 0 Å². The first-order chi connectivity index (χ1) is 13.9. The molecule has 166 valence electrons. The Kier molecular flexibility index (Phi) is 5.59. The Hall–Kier alpha value is -0.990. The zero-order valence-corrected chi connectivity index (χ0v) is 20.2. The van der Waals surface area contributed by atoms with Gasteiger partial charge in [0.15, 0.2) is 0 Å². The summed E-state index contributed by atoms with van der Waals surface area (Å²) in [6.07, 6.45) is 3.14. The summed E-state index contributed by atoms with van der Waals surface area (Å²) in [5.41, 5.74) is 0.405. The molecule has 1 heterocycles. The van der Waals surface area contributed by atoms with Gasteiger partial charge in [-0.3, -0.25) is 4.79 Å². The molecule has 1 aliphatic heterocycles. The highest BCUT2D eigenvalue weighted by Gasteiger charge is 2.59. The Morgan fingerprint density at radius 1 is 1.27 bits per heavy atom. The van der Waals surface area contributed by atoms with Crippen LogP contribution in [0.5, 0.6) is 0 Å². The molecule has 4 atom stereocenters. The van der Waals surface area contributed by atoms with E-state index in [1.807, 2.05) is 0 Å². The molecular formula is C22H30BrFN2O3S. The van der Waals surface area contributed by atoms with Crippen molar-refractivity contribution >= 4 is 31.9 Å². The second-order valence-corrected chi connectivity index (χ2v) is 12.8. The molecule has 2 aliphatic carbocycles. The normalized spacial score (nSPS) is 33.6. The highest BCUT2D eigenvalue weighted by Crippen LogP contribution is 2.62. The van der Waals surface area contributed by atoms with Crippen LogP contribution in [0, 0.1) is 16.7 Å². The summed E-state index contributed by atoms with van der Waals surface area (Å²) in [6, 6.07) is 4.69. The SMILES string of the molecule is CC1(C)C(NC(=O)c2ccc(Br)c(S(=O)(=O)N3CCCC(F)C3)c2)[C@@]2(C)CC[C@H]1C2. The third-order valence-corrected chi connectivity index (χ3v) is 10.5. The fraction of sp³-hybridized carbons (Fsp3) is 0.682. The summed E-state index contributed by atoms with van der Waals surface area (Å²) in [6.45, 7) is 6.83. The molecule has 1 N–H and O–H groups in total. The minimum atomic E-state index is -3.89. The molecule has 3 aliphatic rings. The van der Waals surface area contributed by atoms with Crippen LogP contribution in [-0.4, -0.2) is 43.9 Å². The number of carbonyl (C=O) groups excluding carboxylic acids is 1. The standard InChI is InChI=1S/C22H30BrFN2O3S/c1-21(2)15-8-9-22(3,12-15)20(21)25-19(27)14-6-7-17(23)18(11-14)30(28,29)26-10-4-5-16(24)13-26/h6-7,11,15-16,20H,4-5,8-10,12-13H2,1-3H3,(H,25,27)/t15-,16?,20?,22-/m0/s1. The molecule has 5 nitrogen and oxygen atoms in total. The van der Waals surface area contributed by atoms with E-state index in [4.69, 9.17) is 0 Å². The summed E-state index contributed by atoms with van der Waals surface area (Å²) in [4.78, 5) is 13.1. The lowest BCUT2D eigenvalue weighted by atomic mass is 9.68. The number of benzene rings is 1. The smallest absolute Gasteiger partial charge is 0.251 e. The van der Waals surface area contributed by atoms with E-state index in [-0.39, 0.29) is 34.2 Å². The van der Waals surface area contributed by atoms with Gasteiger partial charge in [-0.25, -0.2) is 12.8 Å². The monoisotopic (exact) mass is 500 g/mol. The van der Waals surface area contributed by atoms with E-state index in [1.54, 1.807) is 12.1 Å². The van der Waals surface area contributed by atoms with E-state index in [0.717, 1.165) is 12.8 Å². The zero-order chi connectivity index (χ0) is 21.9. The number of fused-ring (bicyclic) bond motifs is 2. The molecule has 30 heavy (non-hydrogen) atoms. The van der Waals surface area contributed by atoms with Crippen molar-refractivity contribution in [2.75, 3.05) is 13.1 Å². The molecule has 3 fully saturated rings. The molecule has 0 radical (unpaired) electrons. The number of alkyl halides is 1. The quantitative estimate of drug-likeness (QED) is 0.660. The third kappa shape index (κ3) is 3.62. The van der Waals surface area contributed by atoms with Gasteiger partial charge in [-0.2, -0.15) is 4.31 Å². The number of hydrogen-bond acceptors (Lipinski definition) is 3. The van der Waals surface area contributed by atoms with Gasteiger partial charge in [0.05, 0.1) is 4.90 Å². The van der Waals surface area contributed by atoms with Crippen molar-refractivity contribution in [1.29, 1.82) is 0 Å². The minimum Gasteiger partial charge on any atom is -0.348 e. The van der Waals surface area contributed by atoms with Gasteiger partial charge >= 0.3 is 0 Å². The largest absolute Gasteiger partial charge is 0.348 e. The van der Waals surface area contributed by atoms with Gasteiger partial charge in [-0.15, -0.1) is 0 Å². The average molecular weight is 501 g/mol. The first kappa shape index (κ1) is 22.2. The number of amides is 1. The fourth-order valence-electron chi connectivity index (χ4n) is 5.97. The van der Waals surface area contributed by atoms with E-state index < -0.39 is 16.2 Å². The molecule has 2 saturated carbocycles. The van der Waals surface area contributed by atoms with Gasteiger partial charge in [0.25, 0.3) is 5.91 Å². The summed E-state index contributed by atoms with van der Waals surface area (Å²) in [7, 11) is -3.89. The Morgan fingerprint density at radius 2 is 2.00 bits per heavy atom. The van der Waals surface area contributed by atoms with Gasteiger partial charge < -0.3 is 5.32 Å². The average Bonchev–Trinajstić information content (AvgIpc) is 3.16. The molecule has 1 aromatic rings. The number of nitrogens with zero attached hydrogens (tertiary/aromatic N) is 1. The van der Waals surface area contributed by atoms with Gasteiger partial charge in [0, 0.05) is 29.2 Å². The summed E-state index contributed by atoms with van der Waals surface area (Å²) in [5, 5.41) is 3.22. The van der Waals surface area contributed by atoms with Crippen LogP contribution in [0.15, 0.2) is 27.6 Å². The maximum Gasteiger partial charge on any atom is 0.251 e. The molecule has 4 rings (SSSR count). The molecule has 2 bridgehead atoms. The van der Waals surface area contributed by atoms with Crippen molar-refractivity contribution in [1.82, 2.24) is 9.62 Å². The minimum absolute atomic E-state index is 0.0108. The number of nitrogens with one attached hydrogen (secondary N) is 1. The van der Waals surface area contributed by atoms with Gasteiger partial charge in [0.2, 0.25) is 10.0 Å². The number of rotatable bonds is 4. The van der Waals surface area contributed by atoms with Crippen molar-refractivity contribution in [3.8, 4) is 0 Å².